The molecule has 2 aromatic rings. The molecule has 6 nitrogen and oxygen atoms in total. The SMILES string of the molecule is CC(C)CC(NC(=O)c1ccc(Cl)cc1)C(=O)NN=Cc1cc(Cl)ccc1OC(C)C. The van der Waals surface area contributed by atoms with Gasteiger partial charge in [0.25, 0.3) is 11.8 Å². The molecule has 31 heavy (non-hydrogen) atoms. The minimum atomic E-state index is -0.744. The molecule has 2 rings (SSSR count). The van der Waals surface area contributed by atoms with Crippen molar-refractivity contribution in [1.29, 1.82) is 0 Å². The monoisotopic (exact) mass is 463 g/mol. The van der Waals surface area contributed by atoms with Crippen LogP contribution < -0.4 is 15.5 Å². The molecule has 2 aromatic carbocycles. The van der Waals surface area contributed by atoms with Crippen molar-refractivity contribution in [3.8, 4) is 5.75 Å². The molecule has 166 valence electrons. The fourth-order valence-electron chi connectivity index (χ4n) is 2.77. The fraction of sp³-hybridized carbons (Fsp3) is 0.348. The summed E-state index contributed by atoms with van der Waals surface area (Å²) in [6.07, 6.45) is 1.90. The van der Waals surface area contributed by atoms with E-state index in [0.29, 0.717) is 33.3 Å². The lowest BCUT2D eigenvalue weighted by Gasteiger charge is -2.19. The Labute approximate surface area is 193 Å². The Morgan fingerprint density at radius 3 is 2.29 bits per heavy atom. The van der Waals surface area contributed by atoms with Crippen LogP contribution in [0.5, 0.6) is 5.75 Å². The normalized spacial score (nSPS) is 12.3. The van der Waals surface area contributed by atoms with E-state index in [0.717, 1.165) is 0 Å². The largest absolute Gasteiger partial charge is 0.490 e. The maximum Gasteiger partial charge on any atom is 0.262 e. The van der Waals surface area contributed by atoms with Crippen LogP contribution in [-0.4, -0.2) is 30.2 Å². The van der Waals surface area contributed by atoms with Gasteiger partial charge in [-0.3, -0.25) is 9.59 Å². The molecule has 0 aliphatic carbocycles. The number of rotatable bonds is 9. The Bertz CT molecular complexity index is 928. The highest BCUT2D eigenvalue weighted by molar-refractivity contribution is 6.31. The third kappa shape index (κ3) is 8.23. The number of carbonyl (C=O) groups excluding carboxylic acids is 2. The first-order chi connectivity index (χ1) is 14.7. The Morgan fingerprint density at radius 2 is 1.68 bits per heavy atom. The number of halogens is 2. The second-order valence-corrected chi connectivity index (χ2v) is 8.62. The van der Waals surface area contributed by atoms with E-state index in [9.17, 15) is 9.59 Å². The van der Waals surface area contributed by atoms with Crippen molar-refractivity contribution in [3.63, 3.8) is 0 Å². The van der Waals surface area contributed by atoms with Gasteiger partial charge < -0.3 is 10.1 Å². The predicted octanol–water partition coefficient (Wildman–Crippen LogP) is 5.08. The topological polar surface area (TPSA) is 79.8 Å². The average Bonchev–Trinajstić information content (AvgIpc) is 2.69. The van der Waals surface area contributed by atoms with E-state index in [1.165, 1.54) is 6.21 Å². The molecule has 0 bridgehead atoms. The number of benzene rings is 2. The van der Waals surface area contributed by atoms with Crippen LogP contribution in [0, 0.1) is 5.92 Å². The van der Waals surface area contributed by atoms with Crippen LogP contribution >= 0.6 is 23.2 Å². The summed E-state index contributed by atoms with van der Waals surface area (Å²) in [5.74, 6) is 0.0147. The van der Waals surface area contributed by atoms with Crippen molar-refractivity contribution in [2.45, 2.75) is 46.3 Å². The van der Waals surface area contributed by atoms with Crippen molar-refractivity contribution in [2.75, 3.05) is 0 Å². The van der Waals surface area contributed by atoms with Gasteiger partial charge in [0, 0.05) is 21.2 Å². The first kappa shape index (κ1) is 24.7. The van der Waals surface area contributed by atoms with Gasteiger partial charge in [0.15, 0.2) is 0 Å². The van der Waals surface area contributed by atoms with E-state index in [2.05, 4.69) is 15.8 Å². The number of nitrogens with one attached hydrogen (secondary N) is 2. The number of hydrazone groups is 1. The number of ether oxygens (including phenoxy) is 1. The minimum absolute atomic E-state index is 0.0265. The van der Waals surface area contributed by atoms with E-state index in [1.807, 2.05) is 27.7 Å². The third-order valence-corrected chi connectivity index (χ3v) is 4.64. The van der Waals surface area contributed by atoms with E-state index in [4.69, 9.17) is 27.9 Å². The summed E-state index contributed by atoms with van der Waals surface area (Å²) in [7, 11) is 0. The van der Waals surface area contributed by atoms with Gasteiger partial charge in [-0.1, -0.05) is 37.0 Å². The quantitative estimate of drug-likeness (QED) is 0.402. The summed E-state index contributed by atoms with van der Waals surface area (Å²) < 4.78 is 5.74. The average molecular weight is 464 g/mol. The van der Waals surface area contributed by atoms with Crippen molar-refractivity contribution in [1.82, 2.24) is 10.7 Å². The number of nitrogens with zero attached hydrogens (tertiary/aromatic N) is 1. The van der Waals surface area contributed by atoms with Crippen LogP contribution in [-0.2, 0) is 4.79 Å². The second kappa shape index (κ2) is 11.7. The highest BCUT2D eigenvalue weighted by Gasteiger charge is 2.22. The Hall–Kier alpha value is -2.57. The van der Waals surface area contributed by atoms with E-state index < -0.39 is 11.9 Å². The van der Waals surface area contributed by atoms with E-state index in [-0.39, 0.29) is 17.9 Å². The zero-order chi connectivity index (χ0) is 23.0. The first-order valence-electron chi connectivity index (χ1n) is 10.0. The van der Waals surface area contributed by atoms with Gasteiger partial charge in [-0.2, -0.15) is 5.10 Å². The van der Waals surface area contributed by atoms with Crippen LogP contribution in [0.4, 0.5) is 0 Å². The van der Waals surface area contributed by atoms with Crippen LogP contribution in [0.1, 0.15) is 50.0 Å². The van der Waals surface area contributed by atoms with Crippen LogP contribution in [0.2, 0.25) is 10.0 Å². The second-order valence-electron chi connectivity index (χ2n) is 7.75. The van der Waals surface area contributed by atoms with Crippen LogP contribution in [0.3, 0.4) is 0 Å². The number of hydrogen-bond donors (Lipinski definition) is 2. The number of hydrogen-bond acceptors (Lipinski definition) is 4. The van der Waals surface area contributed by atoms with Crippen molar-refractivity contribution in [2.24, 2.45) is 11.0 Å². The molecule has 0 spiro atoms. The molecule has 0 radical (unpaired) electrons. The molecule has 0 aliphatic rings. The lowest BCUT2D eigenvalue weighted by Crippen LogP contribution is -2.46. The molecule has 2 N–H and O–H groups in total. The molecule has 8 heteroatoms. The maximum atomic E-state index is 12.7. The molecule has 0 fully saturated rings. The Balaban J connectivity index is 2.09. The van der Waals surface area contributed by atoms with Crippen molar-refractivity contribution < 1.29 is 14.3 Å². The molecule has 0 aliphatic heterocycles. The lowest BCUT2D eigenvalue weighted by atomic mass is 10.0. The molecule has 0 saturated carbocycles. The molecular formula is C23H27Cl2N3O3. The summed E-state index contributed by atoms with van der Waals surface area (Å²) in [4.78, 5) is 25.2. The molecule has 1 unspecified atom stereocenters. The summed E-state index contributed by atoms with van der Waals surface area (Å²) in [6, 6.07) is 10.9. The molecule has 0 heterocycles. The molecule has 0 saturated heterocycles. The van der Waals surface area contributed by atoms with Gasteiger partial charge in [0.05, 0.1) is 12.3 Å². The van der Waals surface area contributed by atoms with Gasteiger partial charge in [0.1, 0.15) is 11.8 Å². The van der Waals surface area contributed by atoms with Crippen LogP contribution in [0.25, 0.3) is 0 Å². The van der Waals surface area contributed by atoms with Gasteiger partial charge in [-0.05, 0) is 68.7 Å². The first-order valence-corrected chi connectivity index (χ1v) is 10.8. The molecule has 0 aromatic heterocycles. The minimum Gasteiger partial charge on any atom is -0.490 e. The summed E-state index contributed by atoms with van der Waals surface area (Å²) in [5, 5.41) is 7.86. The van der Waals surface area contributed by atoms with Gasteiger partial charge >= 0.3 is 0 Å². The van der Waals surface area contributed by atoms with Gasteiger partial charge in [0.2, 0.25) is 0 Å². The summed E-state index contributed by atoms with van der Waals surface area (Å²) >= 11 is 11.9. The number of carbonyl (C=O) groups is 2. The molecule has 2 amide bonds. The molecule has 1 atom stereocenters. The summed E-state index contributed by atoms with van der Waals surface area (Å²) in [5.41, 5.74) is 3.55. The number of amides is 2. The predicted molar refractivity (Wildman–Crippen MR) is 125 cm³/mol. The van der Waals surface area contributed by atoms with Gasteiger partial charge in [-0.25, -0.2) is 5.43 Å². The zero-order valence-corrected chi connectivity index (χ0v) is 19.5. The third-order valence-electron chi connectivity index (χ3n) is 4.15. The highest BCUT2D eigenvalue weighted by atomic mass is 35.5. The van der Waals surface area contributed by atoms with Crippen molar-refractivity contribution >= 4 is 41.2 Å². The lowest BCUT2D eigenvalue weighted by molar-refractivity contribution is -0.123. The standard InChI is InChI=1S/C23H27Cl2N3O3/c1-14(2)11-20(27-22(29)16-5-7-18(24)8-6-16)23(30)28-26-13-17-12-19(25)9-10-21(17)31-15(3)4/h5-10,12-15,20H,11H2,1-4H3,(H,27,29)(H,28,30). The zero-order valence-electron chi connectivity index (χ0n) is 18.0. The fourth-order valence-corrected chi connectivity index (χ4v) is 3.08. The Kier molecular flexibility index (Phi) is 9.34. The molecular weight excluding hydrogens is 437 g/mol. The Morgan fingerprint density at radius 1 is 1.03 bits per heavy atom. The van der Waals surface area contributed by atoms with Gasteiger partial charge in [-0.15, -0.1) is 0 Å². The smallest absolute Gasteiger partial charge is 0.262 e. The van der Waals surface area contributed by atoms with Crippen LogP contribution in [0.15, 0.2) is 47.6 Å². The summed E-state index contributed by atoms with van der Waals surface area (Å²) in [6.45, 7) is 7.77. The highest BCUT2D eigenvalue weighted by Crippen LogP contribution is 2.22. The van der Waals surface area contributed by atoms with Crippen molar-refractivity contribution in [3.05, 3.63) is 63.6 Å². The van der Waals surface area contributed by atoms with E-state index >= 15 is 0 Å². The van der Waals surface area contributed by atoms with E-state index in [1.54, 1.807) is 42.5 Å². The maximum absolute atomic E-state index is 12.7.